The van der Waals surface area contributed by atoms with Crippen LogP contribution in [0.3, 0.4) is 0 Å². The van der Waals surface area contributed by atoms with Crippen molar-refractivity contribution >= 4 is 41.3 Å². The van der Waals surface area contributed by atoms with Gasteiger partial charge in [-0.05, 0) is 39.8 Å². The molecule has 132 valence electrons. The molecule has 3 amide bonds. The van der Waals surface area contributed by atoms with Crippen LogP contribution in [-0.4, -0.2) is 35.3 Å². The number of benzene rings is 1. The number of nitrogens with one attached hydrogen (secondary N) is 2. The first-order valence-corrected chi connectivity index (χ1v) is 8.64. The fourth-order valence-corrected chi connectivity index (χ4v) is 2.59. The number of carbonyl (C=O) groups excluding carboxylic acids is 3. The second-order valence-electron chi connectivity index (χ2n) is 6.04. The fraction of sp³-hybridized carbons (Fsp3) is 0.438. The largest absolute Gasteiger partial charge is 0.452 e. The third-order valence-electron chi connectivity index (χ3n) is 2.58. The maximum Gasteiger partial charge on any atom is 0.321 e. The molecule has 1 atom stereocenters. The molecule has 0 bridgehead atoms. The lowest BCUT2D eigenvalue weighted by Crippen LogP contribution is -2.50. The Labute approximate surface area is 150 Å². The molecule has 0 aliphatic rings. The highest BCUT2D eigenvalue weighted by Gasteiger charge is 2.22. The van der Waals surface area contributed by atoms with Crippen LogP contribution in [0.2, 0.25) is 5.02 Å². The van der Waals surface area contributed by atoms with Gasteiger partial charge in [0.1, 0.15) is 0 Å². The molecule has 0 saturated heterocycles. The van der Waals surface area contributed by atoms with Crippen molar-refractivity contribution in [3.8, 4) is 0 Å². The zero-order chi connectivity index (χ0) is 18.3. The normalized spacial score (nSPS) is 12.2. The number of ether oxygens (including phenoxy) is 1. The number of amides is 3. The molecule has 0 aliphatic carbocycles. The van der Waals surface area contributed by atoms with Gasteiger partial charge in [0.05, 0.1) is 10.8 Å². The number of halogens is 1. The standard InChI is InChI=1S/C16H21ClN2O4S/c1-10(14(21)18-15(22)19-16(2,3)4)23-13(20)9-24-12-8-6-5-7-11(12)17/h5-8,10H,9H2,1-4H3,(H2,18,19,21,22). The quantitative estimate of drug-likeness (QED) is 0.613. The average molecular weight is 373 g/mol. The van der Waals surface area contributed by atoms with Crippen LogP contribution in [0.25, 0.3) is 0 Å². The van der Waals surface area contributed by atoms with Crippen molar-refractivity contribution in [1.82, 2.24) is 10.6 Å². The van der Waals surface area contributed by atoms with Gasteiger partial charge in [-0.2, -0.15) is 0 Å². The van der Waals surface area contributed by atoms with Crippen molar-refractivity contribution in [2.45, 2.75) is 44.2 Å². The Bertz CT molecular complexity index is 616. The summed E-state index contributed by atoms with van der Waals surface area (Å²) in [6.07, 6.45) is -1.07. The monoisotopic (exact) mass is 372 g/mol. The summed E-state index contributed by atoms with van der Waals surface area (Å²) in [5.41, 5.74) is -0.476. The molecule has 0 spiro atoms. The number of urea groups is 1. The molecule has 1 aromatic carbocycles. The van der Waals surface area contributed by atoms with Crippen LogP contribution in [0.15, 0.2) is 29.2 Å². The average Bonchev–Trinajstić information content (AvgIpc) is 2.44. The molecule has 0 aromatic heterocycles. The highest BCUT2D eigenvalue weighted by Crippen LogP contribution is 2.26. The van der Waals surface area contributed by atoms with Crippen molar-refractivity contribution in [2.75, 3.05) is 5.75 Å². The van der Waals surface area contributed by atoms with Crippen LogP contribution < -0.4 is 10.6 Å². The highest BCUT2D eigenvalue weighted by atomic mass is 35.5. The summed E-state index contributed by atoms with van der Waals surface area (Å²) in [6, 6.07) is 6.47. The Hall–Kier alpha value is -1.73. The second-order valence-corrected chi connectivity index (χ2v) is 7.47. The van der Waals surface area contributed by atoms with Gasteiger partial charge in [0, 0.05) is 10.4 Å². The SMILES string of the molecule is CC(OC(=O)CSc1ccccc1Cl)C(=O)NC(=O)NC(C)(C)C. The highest BCUT2D eigenvalue weighted by molar-refractivity contribution is 8.00. The zero-order valence-electron chi connectivity index (χ0n) is 14.0. The van der Waals surface area contributed by atoms with Crippen LogP contribution in [-0.2, 0) is 14.3 Å². The van der Waals surface area contributed by atoms with E-state index in [0.717, 1.165) is 4.90 Å². The molecule has 1 unspecified atom stereocenters. The first kappa shape index (κ1) is 20.3. The third-order valence-corrected chi connectivity index (χ3v) is 4.07. The summed E-state index contributed by atoms with van der Waals surface area (Å²) in [5, 5.41) is 5.25. The number of thioether (sulfide) groups is 1. The van der Waals surface area contributed by atoms with E-state index < -0.39 is 29.6 Å². The summed E-state index contributed by atoms with van der Waals surface area (Å²) in [4.78, 5) is 36.0. The first-order valence-electron chi connectivity index (χ1n) is 7.28. The molecule has 6 nitrogen and oxygen atoms in total. The minimum atomic E-state index is -1.07. The molecule has 0 fully saturated rings. The smallest absolute Gasteiger partial charge is 0.321 e. The first-order chi connectivity index (χ1) is 11.1. The number of rotatable bonds is 5. The predicted octanol–water partition coefficient (Wildman–Crippen LogP) is 2.99. The summed E-state index contributed by atoms with van der Waals surface area (Å²) in [5.74, 6) is -1.25. The second kappa shape index (κ2) is 8.94. The Morgan fingerprint density at radius 3 is 2.46 bits per heavy atom. The number of hydrogen-bond donors (Lipinski definition) is 2. The molecule has 0 aliphatic heterocycles. The van der Waals surface area contributed by atoms with E-state index in [4.69, 9.17) is 16.3 Å². The minimum Gasteiger partial charge on any atom is -0.452 e. The van der Waals surface area contributed by atoms with Crippen molar-refractivity contribution in [3.63, 3.8) is 0 Å². The van der Waals surface area contributed by atoms with Crippen LogP contribution in [0.1, 0.15) is 27.7 Å². The summed E-state index contributed by atoms with van der Waals surface area (Å²) < 4.78 is 5.01. The van der Waals surface area contributed by atoms with Gasteiger partial charge in [0.25, 0.3) is 5.91 Å². The fourth-order valence-electron chi connectivity index (χ4n) is 1.57. The van der Waals surface area contributed by atoms with Crippen molar-refractivity contribution in [2.24, 2.45) is 0 Å². The molecule has 1 rings (SSSR count). The lowest BCUT2D eigenvalue weighted by atomic mass is 10.1. The maximum absolute atomic E-state index is 11.8. The maximum atomic E-state index is 11.8. The van der Waals surface area contributed by atoms with E-state index in [1.807, 2.05) is 6.07 Å². The number of carbonyl (C=O) groups is 3. The van der Waals surface area contributed by atoms with Crippen LogP contribution in [0, 0.1) is 0 Å². The molecule has 2 N–H and O–H groups in total. The van der Waals surface area contributed by atoms with E-state index >= 15 is 0 Å². The molecule has 8 heteroatoms. The molecule has 0 heterocycles. The molecule has 1 aromatic rings. The summed E-state index contributed by atoms with van der Waals surface area (Å²) in [6.45, 7) is 6.75. The van der Waals surface area contributed by atoms with Gasteiger partial charge in [-0.25, -0.2) is 4.79 Å². The van der Waals surface area contributed by atoms with Gasteiger partial charge in [0.2, 0.25) is 0 Å². The topological polar surface area (TPSA) is 84.5 Å². The van der Waals surface area contributed by atoms with Gasteiger partial charge in [-0.3, -0.25) is 14.9 Å². The molecule has 0 radical (unpaired) electrons. The van der Waals surface area contributed by atoms with Crippen molar-refractivity contribution in [1.29, 1.82) is 0 Å². The van der Waals surface area contributed by atoms with E-state index in [1.165, 1.54) is 18.7 Å². The lowest BCUT2D eigenvalue weighted by molar-refractivity contribution is -0.151. The summed E-state index contributed by atoms with van der Waals surface area (Å²) >= 11 is 7.21. The molecular weight excluding hydrogens is 352 g/mol. The van der Waals surface area contributed by atoms with E-state index in [9.17, 15) is 14.4 Å². The Morgan fingerprint density at radius 2 is 1.88 bits per heavy atom. The summed E-state index contributed by atoms with van der Waals surface area (Å²) in [7, 11) is 0. The number of esters is 1. The van der Waals surface area contributed by atoms with Gasteiger partial charge in [0.15, 0.2) is 6.10 Å². The van der Waals surface area contributed by atoms with Gasteiger partial charge < -0.3 is 10.1 Å². The zero-order valence-corrected chi connectivity index (χ0v) is 15.6. The Kier molecular flexibility index (Phi) is 7.57. The van der Waals surface area contributed by atoms with Gasteiger partial charge in [-0.1, -0.05) is 23.7 Å². The van der Waals surface area contributed by atoms with E-state index in [1.54, 1.807) is 39.0 Å². The molecular formula is C16H21ClN2O4S. The molecule has 0 saturated carbocycles. The van der Waals surface area contributed by atoms with Gasteiger partial charge in [-0.15, -0.1) is 11.8 Å². The Balaban J connectivity index is 2.42. The van der Waals surface area contributed by atoms with E-state index in [0.29, 0.717) is 5.02 Å². The van der Waals surface area contributed by atoms with E-state index in [-0.39, 0.29) is 5.75 Å². The van der Waals surface area contributed by atoms with Gasteiger partial charge >= 0.3 is 12.0 Å². The predicted molar refractivity (Wildman–Crippen MR) is 94.2 cm³/mol. The molecule has 24 heavy (non-hydrogen) atoms. The minimum absolute atomic E-state index is 0.00947. The van der Waals surface area contributed by atoms with Crippen LogP contribution in [0.5, 0.6) is 0 Å². The van der Waals surface area contributed by atoms with Crippen LogP contribution in [0.4, 0.5) is 4.79 Å². The van der Waals surface area contributed by atoms with Crippen LogP contribution >= 0.6 is 23.4 Å². The van der Waals surface area contributed by atoms with Crippen molar-refractivity contribution in [3.05, 3.63) is 29.3 Å². The number of hydrogen-bond acceptors (Lipinski definition) is 5. The van der Waals surface area contributed by atoms with E-state index in [2.05, 4.69) is 10.6 Å². The van der Waals surface area contributed by atoms with Crippen molar-refractivity contribution < 1.29 is 19.1 Å². The third kappa shape index (κ3) is 7.70. The lowest BCUT2D eigenvalue weighted by Gasteiger charge is -2.21. The number of imide groups is 1. The Morgan fingerprint density at radius 1 is 1.25 bits per heavy atom.